The summed E-state index contributed by atoms with van der Waals surface area (Å²) < 4.78 is 32.8. The van der Waals surface area contributed by atoms with Crippen LogP contribution < -0.4 is 4.72 Å². The number of carbonyl (C=O) groups is 1. The summed E-state index contributed by atoms with van der Waals surface area (Å²) in [6.45, 7) is 6.90. The SMILES string of the molecule is COCCCN(C)C(=O)C(CC(C)C)NS(=O)(=O)c1ccc(C)cc1. The minimum absolute atomic E-state index is 0.168. The number of aryl methyl sites for hydroxylation is 1. The molecule has 0 spiro atoms. The molecule has 0 fully saturated rings. The molecule has 7 heteroatoms. The molecule has 0 aliphatic carbocycles. The number of ether oxygens (including phenoxy) is 1. The van der Waals surface area contributed by atoms with E-state index in [1.54, 1.807) is 43.3 Å². The number of nitrogens with one attached hydrogen (secondary N) is 1. The van der Waals surface area contributed by atoms with E-state index >= 15 is 0 Å². The topological polar surface area (TPSA) is 75.7 Å². The summed E-state index contributed by atoms with van der Waals surface area (Å²) in [6, 6.07) is 5.81. The molecule has 0 bridgehead atoms. The van der Waals surface area contributed by atoms with Gasteiger partial charge in [0.2, 0.25) is 15.9 Å². The molecule has 1 aromatic rings. The fourth-order valence-corrected chi connectivity index (χ4v) is 3.67. The van der Waals surface area contributed by atoms with E-state index < -0.39 is 16.1 Å². The van der Waals surface area contributed by atoms with Crippen molar-refractivity contribution in [1.82, 2.24) is 9.62 Å². The first-order valence-electron chi connectivity index (χ1n) is 8.50. The summed E-state index contributed by atoms with van der Waals surface area (Å²) in [5.74, 6) is -0.0393. The Kier molecular flexibility index (Phi) is 8.55. The van der Waals surface area contributed by atoms with E-state index in [0.717, 1.165) is 5.56 Å². The van der Waals surface area contributed by atoms with Crippen LogP contribution in [0, 0.1) is 12.8 Å². The van der Waals surface area contributed by atoms with Crippen molar-refractivity contribution in [1.29, 1.82) is 0 Å². The molecule has 0 radical (unpaired) electrons. The van der Waals surface area contributed by atoms with Crippen LogP contribution in [0.15, 0.2) is 29.2 Å². The zero-order valence-corrected chi connectivity index (χ0v) is 16.6. The van der Waals surface area contributed by atoms with Gasteiger partial charge in [-0.1, -0.05) is 31.5 Å². The normalized spacial score (nSPS) is 13.0. The third-order valence-electron chi connectivity index (χ3n) is 3.85. The molecule has 142 valence electrons. The Labute approximate surface area is 151 Å². The number of benzene rings is 1. The summed E-state index contributed by atoms with van der Waals surface area (Å²) in [5, 5.41) is 0. The van der Waals surface area contributed by atoms with Crippen LogP contribution in [0.1, 0.15) is 32.3 Å². The molecule has 1 N–H and O–H groups in total. The van der Waals surface area contributed by atoms with Crippen molar-refractivity contribution in [2.75, 3.05) is 27.3 Å². The van der Waals surface area contributed by atoms with Crippen LogP contribution >= 0.6 is 0 Å². The van der Waals surface area contributed by atoms with Crippen LogP contribution in [0.25, 0.3) is 0 Å². The monoisotopic (exact) mass is 370 g/mol. The standard InChI is InChI=1S/C18H30N2O4S/c1-14(2)13-17(18(21)20(4)11-6-12-24-5)19-25(22,23)16-9-7-15(3)8-10-16/h7-10,14,17,19H,6,11-13H2,1-5H3. The van der Waals surface area contributed by atoms with Crippen molar-refractivity contribution < 1.29 is 17.9 Å². The molecule has 0 aliphatic rings. The van der Waals surface area contributed by atoms with Crippen LogP contribution in [0.5, 0.6) is 0 Å². The molecule has 0 heterocycles. The van der Waals surface area contributed by atoms with Crippen molar-refractivity contribution >= 4 is 15.9 Å². The molecule has 6 nitrogen and oxygen atoms in total. The van der Waals surface area contributed by atoms with Gasteiger partial charge in [0.15, 0.2) is 0 Å². The van der Waals surface area contributed by atoms with Gasteiger partial charge < -0.3 is 9.64 Å². The van der Waals surface area contributed by atoms with Gasteiger partial charge in [-0.25, -0.2) is 8.42 Å². The third-order valence-corrected chi connectivity index (χ3v) is 5.34. The number of methoxy groups -OCH3 is 1. The fraction of sp³-hybridized carbons (Fsp3) is 0.611. The van der Waals surface area contributed by atoms with Crippen molar-refractivity contribution in [3.05, 3.63) is 29.8 Å². The Morgan fingerprint density at radius 1 is 1.24 bits per heavy atom. The van der Waals surface area contributed by atoms with E-state index in [4.69, 9.17) is 4.74 Å². The van der Waals surface area contributed by atoms with E-state index in [1.807, 2.05) is 20.8 Å². The molecule has 0 saturated carbocycles. The van der Waals surface area contributed by atoms with Crippen molar-refractivity contribution in [2.24, 2.45) is 5.92 Å². The predicted molar refractivity (Wildman–Crippen MR) is 98.9 cm³/mol. The Balaban J connectivity index is 2.90. The zero-order chi connectivity index (χ0) is 19.0. The largest absolute Gasteiger partial charge is 0.385 e. The molecule has 0 aromatic heterocycles. The molecule has 0 aliphatic heterocycles. The highest BCUT2D eigenvalue weighted by molar-refractivity contribution is 7.89. The zero-order valence-electron chi connectivity index (χ0n) is 15.8. The maximum Gasteiger partial charge on any atom is 0.241 e. The lowest BCUT2D eigenvalue weighted by Gasteiger charge is -2.25. The van der Waals surface area contributed by atoms with Crippen LogP contribution in [-0.4, -0.2) is 52.6 Å². The lowest BCUT2D eigenvalue weighted by atomic mass is 10.0. The van der Waals surface area contributed by atoms with Gasteiger partial charge in [-0.3, -0.25) is 4.79 Å². The second-order valence-electron chi connectivity index (χ2n) is 6.72. The quantitative estimate of drug-likeness (QED) is 0.641. The molecular weight excluding hydrogens is 340 g/mol. The van der Waals surface area contributed by atoms with Gasteiger partial charge in [0.25, 0.3) is 0 Å². The van der Waals surface area contributed by atoms with Crippen LogP contribution in [-0.2, 0) is 19.6 Å². The fourth-order valence-electron chi connectivity index (χ4n) is 2.47. The molecular formula is C18H30N2O4S. The van der Waals surface area contributed by atoms with Crippen LogP contribution in [0.3, 0.4) is 0 Å². The molecule has 1 amide bonds. The average molecular weight is 371 g/mol. The number of rotatable bonds is 10. The Morgan fingerprint density at radius 2 is 1.84 bits per heavy atom. The number of amides is 1. The Hall–Kier alpha value is -1.44. The molecule has 1 rings (SSSR count). The van der Waals surface area contributed by atoms with Crippen molar-refractivity contribution in [3.8, 4) is 0 Å². The van der Waals surface area contributed by atoms with E-state index in [2.05, 4.69) is 4.72 Å². The minimum Gasteiger partial charge on any atom is -0.385 e. The maximum absolute atomic E-state index is 12.7. The molecule has 0 saturated heterocycles. The van der Waals surface area contributed by atoms with Gasteiger partial charge in [-0.05, 0) is 37.8 Å². The second-order valence-corrected chi connectivity index (χ2v) is 8.44. The number of carbonyl (C=O) groups excluding carboxylic acids is 1. The minimum atomic E-state index is -3.75. The highest BCUT2D eigenvalue weighted by atomic mass is 32.2. The smallest absolute Gasteiger partial charge is 0.241 e. The summed E-state index contributed by atoms with van der Waals surface area (Å²) in [6.07, 6.45) is 1.15. The van der Waals surface area contributed by atoms with Gasteiger partial charge in [0.1, 0.15) is 6.04 Å². The number of likely N-dealkylation sites (N-methyl/N-ethyl adjacent to an activating group) is 1. The second kappa shape index (κ2) is 9.89. The van der Waals surface area contributed by atoms with Crippen molar-refractivity contribution in [3.63, 3.8) is 0 Å². The average Bonchev–Trinajstić information content (AvgIpc) is 2.53. The summed E-state index contributed by atoms with van der Waals surface area (Å²) in [4.78, 5) is 14.4. The number of sulfonamides is 1. The Morgan fingerprint density at radius 3 is 2.36 bits per heavy atom. The first-order chi connectivity index (χ1) is 11.7. The van der Waals surface area contributed by atoms with Crippen LogP contribution in [0.2, 0.25) is 0 Å². The summed E-state index contributed by atoms with van der Waals surface area (Å²) >= 11 is 0. The molecule has 1 unspecified atom stereocenters. The maximum atomic E-state index is 12.7. The summed E-state index contributed by atoms with van der Waals surface area (Å²) in [7, 11) is -0.452. The highest BCUT2D eigenvalue weighted by Gasteiger charge is 2.28. The van der Waals surface area contributed by atoms with Crippen molar-refractivity contribution in [2.45, 2.75) is 44.6 Å². The first-order valence-corrected chi connectivity index (χ1v) is 9.98. The van der Waals surface area contributed by atoms with E-state index in [9.17, 15) is 13.2 Å². The van der Waals surface area contributed by atoms with Gasteiger partial charge in [0, 0.05) is 27.3 Å². The lowest BCUT2D eigenvalue weighted by molar-refractivity contribution is -0.132. The number of hydrogen-bond donors (Lipinski definition) is 1. The number of nitrogens with zero attached hydrogens (tertiary/aromatic N) is 1. The van der Waals surface area contributed by atoms with E-state index in [0.29, 0.717) is 26.0 Å². The number of hydrogen-bond acceptors (Lipinski definition) is 4. The Bertz CT molecular complexity index is 642. The predicted octanol–water partition coefficient (Wildman–Crippen LogP) is 2.18. The van der Waals surface area contributed by atoms with E-state index in [1.165, 1.54) is 0 Å². The molecule has 1 aromatic carbocycles. The van der Waals surface area contributed by atoms with Crippen LogP contribution in [0.4, 0.5) is 0 Å². The lowest BCUT2D eigenvalue weighted by Crippen LogP contribution is -2.48. The van der Waals surface area contributed by atoms with E-state index in [-0.39, 0.29) is 16.7 Å². The molecule has 25 heavy (non-hydrogen) atoms. The van der Waals surface area contributed by atoms with Gasteiger partial charge in [0.05, 0.1) is 4.90 Å². The molecule has 1 atom stereocenters. The van der Waals surface area contributed by atoms with Gasteiger partial charge >= 0.3 is 0 Å². The summed E-state index contributed by atoms with van der Waals surface area (Å²) in [5.41, 5.74) is 0.978. The van der Waals surface area contributed by atoms with Gasteiger partial charge in [-0.15, -0.1) is 0 Å². The first kappa shape index (κ1) is 21.6. The third kappa shape index (κ3) is 7.13. The van der Waals surface area contributed by atoms with Gasteiger partial charge in [-0.2, -0.15) is 4.72 Å². The highest BCUT2D eigenvalue weighted by Crippen LogP contribution is 2.14.